The molecule has 1 N–H and O–H groups in total. The highest BCUT2D eigenvalue weighted by Gasteiger charge is 2.17. The Morgan fingerprint density at radius 2 is 2.04 bits per heavy atom. The van der Waals surface area contributed by atoms with Crippen molar-refractivity contribution in [2.24, 2.45) is 0 Å². The van der Waals surface area contributed by atoms with Gasteiger partial charge in [0.2, 0.25) is 0 Å². The molecule has 0 atom stereocenters. The van der Waals surface area contributed by atoms with E-state index in [1.54, 1.807) is 6.92 Å². The van der Waals surface area contributed by atoms with Gasteiger partial charge in [-0.05, 0) is 30.5 Å². The highest BCUT2D eigenvalue weighted by molar-refractivity contribution is 7.17. The van der Waals surface area contributed by atoms with E-state index in [0.29, 0.717) is 16.3 Å². The fraction of sp³-hybridized carbons (Fsp3) is 0.0625. The molecule has 4 nitrogen and oxygen atoms in total. The molecule has 0 aliphatic heterocycles. The second kappa shape index (κ2) is 5.41. The Labute approximate surface area is 133 Å². The van der Waals surface area contributed by atoms with Crippen LogP contribution in [0.4, 0.5) is 8.78 Å². The summed E-state index contributed by atoms with van der Waals surface area (Å²) in [4.78, 5) is 15.4. The topological polar surface area (TPSA) is 74.0 Å². The van der Waals surface area contributed by atoms with Crippen LogP contribution in [0.5, 0.6) is 0 Å². The molecule has 3 aromatic rings. The highest BCUT2D eigenvalue weighted by Crippen LogP contribution is 2.33. The molecule has 0 aliphatic carbocycles. The van der Waals surface area contributed by atoms with Gasteiger partial charge in [0.15, 0.2) is 0 Å². The number of fused-ring (bicyclic) bond motifs is 1. The molecular weight excluding hydrogens is 322 g/mol. The number of rotatable bonds is 2. The second-order valence-electron chi connectivity index (χ2n) is 4.86. The average Bonchev–Trinajstić information content (AvgIpc) is 2.87. The van der Waals surface area contributed by atoms with E-state index >= 15 is 0 Å². The summed E-state index contributed by atoms with van der Waals surface area (Å²) in [5, 5.41) is 19.0. The van der Waals surface area contributed by atoms with E-state index < -0.39 is 17.6 Å². The fourth-order valence-corrected chi connectivity index (χ4v) is 3.25. The number of aromatic nitrogens is 1. The molecule has 0 aliphatic rings. The number of hydrogen-bond donors (Lipinski definition) is 1. The lowest BCUT2D eigenvalue weighted by atomic mass is 10.0. The zero-order valence-electron chi connectivity index (χ0n) is 11.7. The summed E-state index contributed by atoms with van der Waals surface area (Å²) in [5.74, 6) is -2.66. The van der Waals surface area contributed by atoms with E-state index in [4.69, 9.17) is 5.11 Å². The Morgan fingerprint density at radius 1 is 1.30 bits per heavy atom. The lowest BCUT2D eigenvalue weighted by molar-refractivity contribution is 0.0701. The maximum Gasteiger partial charge on any atom is 0.347 e. The molecule has 23 heavy (non-hydrogen) atoms. The van der Waals surface area contributed by atoms with E-state index in [1.165, 1.54) is 12.1 Å². The fourth-order valence-electron chi connectivity index (χ4n) is 2.36. The summed E-state index contributed by atoms with van der Waals surface area (Å²) in [7, 11) is 0. The second-order valence-corrected chi connectivity index (χ2v) is 5.86. The molecule has 0 saturated heterocycles. The van der Waals surface area contributed by atoms with Gasteiger partial charge in [0.05, 0.1) is 17.3 Å². The minimum Gasteiger partial charge on any atom is -0.477 e. The van der Waals surface area contributed by atoms with Crippen LogP contribution < -0.4 is 0 Å². The Hall–Kier alpha value is -2.85. The molecule has 0 spiro atoms. The van der Waals surface area contributed by atoms with Crippen molar-refractivity contribution in [1.29, 1.82) is 5.26 Å². The van der Waals surface area contributed by atoms with Crippen LogP contribution in [-0.4, -0.2) is 16.1 Å². The molecule has 1 heterocycles. The molecule has 3 rings (SSSR count). The number of benzene rings is 2. The molecule has 7 heteroatoms. The van der Waals surface area contributed by atoms with Gasteiger partial charge in [-0.1, -0.05) is 0 Å². The van der Waals surface area contributed by atoms with Crippen LogP contribution in [0.1, 0.15) is 20.9 Å². The number of carboxylic acid groups (broad SMARTS) is 1. The predicted molar refractivity (Wildman–Crippen MR) is 81.4 cm³/mol. The van der Waals surface area contributed by atoms with Gasteiger partial charge in [0.1, 0.15) is 21.5 Å². The lowest BCUT2D eigenvalue weighted by Gasteiger charge is -2.05. The Bertz CT molecular complexity index is 1010. The van der Waals surface area contributed by atoms with Crippen LogP contribution in [0.2, 0.25) is 0 Å². The van der Waals surface area contributed by atoms with Gasteiger partial charge < -0.3 is 5.11 Å². The first-order valence-electron chi connectivity index (χ1n) is 6.44. The van der Waals surface area contributed by atoms with Gasteiger partial charge in [0, 0.05) is 17.0 Å². The molecule has 0 unspecified atom stereocenters. The first kappa shape index (κ1) is 15.1. The SMILES string of the molecule is Cc1nc(-c2cc(C#N)c3c(F)cc(F)cc3c2)sc1C(=O)O. The van der Waals surface area contributed by atoms with Crippen molar-refractivity contribution in [2.45, 2.75) is 6.92 Å². The summed E-state index contributed by atoms with van der Waals surface area (Å²) >= 11 is 0.949. The molecule has 1 aromatic heterocycles. The van der Waals surface area contributed by atoms with Crippen LogP contribution in [0, 0.1) is 29.9 Å². The minimum atomic E-state index is -1.09. The lowest BCUT2D eigenvalue weighted by Crippen LogP contribution is -1.94. The number of hydrogen-bond acceptors (Lipinski definition) is 4. The first-order valence-corrected chi connectivity index (χ1v) is 7.26. The van der Waals surface area contributed by atoms with Gasteiger partial charge in [-0.3, -0.25) is 0 Å². The Morgan fingerprint density at radius 3 is 2.65 bits per heavy atom. The summed E-state index contributed by atoms with van der Waals surface area (Å²) in [6.07, 6.45) is 0. The highest BCUT2D eigenvalue weighted by atomic mass is 32.1. The summed E-state index contributed by atoms with van der Waals surface area (Å²) in [6.45, 7) is 1.56. The quantitative estimate of drug-likeness (QED) is 0.767. The summed E-state index contributed by atoms with van der Waals surface area (Å²) < 4.78 is 27.3. The van der Waals surface area contributed by atoms with Gasteiger partial charge in [-0.15, -0.1) is 11.3 Å². The summed E-state index contributed by atoms with van der Waals surface area (Å²) in [6, 6.07) is 6.65. The smallest absolute Gasteiger partial charge is 0.347 e. The van der Waals surface area contributed by atoms with Crippen molar-refractivity contribution in [3.05, 3.63) is 52.0 Å². The molecule has 0 radical (unpaired) electrons. The number of thiazole rings is 1. The zero-order chi connectivity index (χ0) is 16.7. The van der Waals surface area contributed by atoms with Crippen LogP contribution in [0.25, 0.3) is 21.3 Å². The van der Waals surface area contributed by atoms with Gasteiger partial charge in [-0.2, -0.15) is 5.26 Å². The van der Waals surface area contributed by atoms with E-state index in [0.717, 1.165) is 23.5 Å². The van der Waals surface area contributed by atoms with Gasteiger partial charge >= 0.3 is 5.97 Å². The Balaban J connectivity index is 2.29. The van der Waals surface area contributed by atoms with Crippen LogP contribution in [0.15, 0.2) is 24.3 Å². The Kier molecular flexibility index (Phi) is 3.54. The van der Waals surface area contributed by atoms with Gasteiger partial charge in [0.25, 0.3) is 0 Å². The largest absolute Gasteiger partial charge is 0.477 e. The number of carboxylic acids is 1. The molecule has 0 saturated carbocycles. The molecule has 0 amide bonds. The van der Waals surface area contributed by atoms with E-state index in [-0.39, 0.29) is 21.2 Å². The normalized spacial score (nSPS) is 10.7. The number of nitrogens with zero attached hydrogens (tertiary/aromatic N) is 2. The summed E-state index contributed by atoms with van der Waals surface area (Å²) in [5.41, 5.74) is 0.834. The van der Waals surface area contributed by atoms with Crippen molar-refractivity contribution in [1.82, 2.24) is 4.98 Å². The van der Waals surface area contributed by atoms with E-state index in [2.05, 4.69) is 4.98 Å². The van der Waals surface area contributed by atoms with Crippen molar-refractivity contribution in [3.63, 3.8) is 0 Å². The van der Waals surface area contributed by atoms with Crippen molar-refractivity contribution < 1.29 is 18.7 Å². The van der Waals surface area contributed by atoms with Crippen molar-refractivity contribution in [3.8, 4) is 16.6 Å². The van der Waals surface area contributed by atoms with Crippen molar-refractivity contribution >= 4 is 28.1 Å². The third-order valence-corrected chi connectivity index (χ3v) is 4.52. The molecule has 0 fully saturated rings. The zero-order valence-corrected chi connectivity index (χ0v) is 12.5. The number of aromatic carboxylic acids is 1. The molecular formula is C16H8F2N2O2S. The predicted octanol–water partition coefficient (Wildman–Crippen LogP) is 4.12. The minimum absolute atomic E-state index is 0.0318. The van der Waals surface area contributed by atoms with E-state index in [1.807, 2.05) is 6.07 Å². The number of nitriles is 1. The van der Waals surface area contributed by atoms with Gasteiger partial charge in [-0.25, -0.2) is 18.6 Å². The third kappa shape index (κ3) is 2.53. The molecule has 2 aromatic carbocycles. The van der Waals surface area contributed by atoms with Crippen LogP contribution >= 0.6 is 11.3 Å². The maximum absolute atomic E-state index is 13.9. The molecule has 0 bridgehead atoms. The first-order chi connectivity index (χ1) is 10.9. The maximum atomic E-state index is 13.9. The monoisotopic (exact) mass is 330 g/mol. The number of aryl methyl sites for hydroxylation is 1. The third-order valence-electron chi connectivity index (χ3n) is 3.32. The van der Waals surface area contributed by atoms with Crippen molar-refractivity contribution in [2.75, 3.05) is 0 Å². The van der Waals surface area contributed by atoms with Crippen LogP contribution in [-0.2, 0) is 0 Å². The number of carbonyl (C=O) groups is 1. The van der Waals surface area contributed by atoms with E-state index in [9.17, 15) is 18.8 Å². The standard InChI is InChI=1S/C16H8F2N2O2S/c1-7-14(16(21)22)23-15(20-7)9-2-8-4-11(17)5-12(18)13(8)10(3-9)6-19/h2-5H,1H3,(H,21,22). The molecule has 114 valence electrons. The van der Waals surface area contributed by atoms with Crippen LogP contribution in [0.3, 0.4) is 0 Å². The average molecular weight is 330 g/mol. The number of halogens is 2.